The zero-order chi connectivity index (χ0) is 20.4. The number of benzene rings is 2. The van der Waals surface area contributed by atoms with Gasteiger partial charge < -0.3 is 18.9 Å². The van der Waals surface area contributed by atoms with Gasteiger partial charge in [-0.15, -0.1) is 0 Å². The third-order valence-electron chi connectivity index (χ3n) is 5.22. The summed E-state index contributed by atoms with van der Waals surface area (Å²) in [4.78, 5) is 18.9. The molecule has 1 saturated heterocycles. The number of para-hydroxylation sites is 1. The Kier molecular flexibility index (Phi) is 5.20. The molecule has 2 heterocycles. The van der Waals surface area contributed by atoms with Crippen molar-refractivity contribution < 1.29 is 18.8 Å². The lowest BCUT2D eigenvalue weighted by molar-refractivity contribution is -0.117. The third kappa shape index (κ3) is 3.55. The number of hydrogen-bond donors (Lipinski definition) is 0. The first-order valence-corrected chi connectivity index (χ1v) is 9.58. The number of nitrogens with zero attached hydrogens (tertiary/aromatic N) is 3. The molecule has 0 spiro atoms. The van der Waals surface area contributed by atoms with Crippen LogP contribution in [-0.4, -0.2) is 36.8 Å². The van der Waals surface area contributed by atoms with Gasteiger partial charge in [0.2, 0.25) is 17.6 Å². The molecule has 1 aliphatic heterocycles. The number of methoxy groups -OCH3 is 2. The first-order valence-electron chi connectivity index (χ1n) is 9.58. The fraction of sp³-hybridized carbons (Fsp3) is 0.318. The first kappa shape index (κ1) is 19.0. The lowest BCUT2D eigenvalue weighted by atomic mass is 10.1. The van der Waals surface area contributed by atoms with E-state index in [2.05, 4.69) is 29.2 Å². The van der Waals surface area contributed by atoms with Crippen LogP contribution < -0.4 is 14.4 Å². The predicted octanol–water partition coefficient (Wildman–Crippen LogP) is 3.84. The minimum Gasteiger partial charge on any atom is -0.493 e. The maximum absolute atomic E-state index is 12.6. The van der Waals surface area contributed by atoms with Gasteiger partial charge >= 0.3 is 0 Å². The summed E-state index contributed by atoms with van der Waals surface area (Å²) >= 11 is 0. The van der Waals surface area contributed by atoms with Crippen molar-refractivity contribution in [1.82, 2.24) is 10.1 Å². The molecule has 2 aromatic carbocycles. The Morgan fingerprint density at radius 2 is 1.93 bits per heavy atom. The van der Waals surface area contributed by atoms with Gasteiger partial charge in [0.05, 0.1) is 25.7 Å². The van der Waals surface area contributed by atoms with Gasteiger partial charge in [0.1, 0.15) is 0 Å². The molecule has 0 saturated carbocycles. The van der Waals surface area contributed by atoms with Crippen LogP contribution in [0.5, 0.6) is 11.5 Å². The van der Waals surface area contributed by atoms with Crippen molar-refractivity contribution in [2.75, 3.05) is 25.7 Å². The van der Waals surface area contributed by atoms with E-state index in [1.165, 1.54) is 5.56 Å². The molecule has 0 aliphatic carbocycles. The van der Waals surface area contributed by atoms with Gasteiger partial charge in [-0.05, 0) is 36.2 Å². The summed E-state index contributed by atoms with van der Waals surface area (Å²) < 4.78 is 16.3. The normalized spacial score (nSPS) is 16.3. The van der Waals surface area contributed by atoms with Crippen molar-refractivity contribution in [2.24, 2.45) is 0 Å². The van der Waals surface area contributed by atoms with E-state index < -0.39 is 0 Å². The second-order valence-electron chi connectivity index (χ2n) is 6.92. The summed E-state index contributed by atoms with van der Waals surface area (Å²) in [7, 11) is 3.15. The molecule has 0 radical (unpaired) electrons. The Morgan fingerprint density at radius 3 is 2.62 bits per heavy atom. The van der Waals surface area contributed by atoms with Crippen LogP contribution in [0.15, 0.2) is 47.0 Å². The second-order valence-corrected chi connectivity index (χ2v) is 6.92. The largest absolute Gasteiger partial charge is 0.493 e. The summed E-state index contributed by atoms with van der Waals surface area (Å²) in [6.45, 7) is 2.62. The van der Waals surface area contributed by atoms with Crippen molar-refractivity contribution >= 4 is 11.6 Å². The number of amides is 1. The predicted molar refractivity (Wildman–Crippen MR) is 108 cm³/mol. The lowest BCUT2D eigenvalue weighted by Crippen LogP contribution is -2.24. The van der Waals surface area contributed by atoms with Gasteiger partial charge in [-0.25, -0.2) is 0 Å². The summed E-state index contributed by atoms with van der Waals surface area (Å²) in [5, 5.41) is 4.11. The molecule has 150 valence electrons. The van der Waals surface area contributed by atoms with E-state index in [1.807, 2.05) is 24.3 Å². The Balaban J connectivity index is 1.57. The molecular formula is C22H23N3O4. The van der Waals surface area contributed by atoms with Crippen LogP contribution in [0.3, 0.4) is 0 Å². The van der Waals surface area contributed by atoms with Gasteiger partial charge in [0, 0.05) is 18.7 Å². The highest BCUT2D eigenvalue weighted by Gasteiger charge is 2.35. The van der Waals surface area contributed by atoms with Gasteiger partial charge in [-0.2, -0.15) is 4.98 Å². The molecule has 7 nitrogen and oxygen atoms in total. The summed E-state index contributed by atoms with van der Waals surface area (Å²) in [6, 6.07) is 13.6. The topological polar surface area (TPSA) is 77.7 Å². The molecule has 1 aromatic heterocycles. The van der Waals surface area contributed by atoms with Crippen LogP contribution in [0, 0.1) is 0 Å². The molecule has 0 bridgehead atoms. The van der Waals surface area contributed by atoms with Crippen molar-refractivity contribution in [3.8, 4) is 22.9 Å². The number of aryl methyl sites for hydroxylation is 1. The summed E-state index contributed by atoms with van der Waals surface area (Å²) in [5.41, 5.74) is 2.81. The summed E-state index contributed by atoms with van der Waals surface area (Å²) in [6.07, 6.45) is 1.31. The Bertz CT molecular complexity index is 1010. The quantitative estimate of drug-likeness (QED) is 0.633. The number of carbonyl (C=O) groups excluding carboxylic acids is 1. The monoisotopic (exact) mass is 393 g/mol. The minimum atomic E-state index is -0.147. The summed E-state index contributed by atoms with van der Waals surface area (Å²) in [5.74, 6) is 1.90. The van der Waals surface area contributed by atoms with E-state index in [1.54, 1.807) is 25.2 Å². The number of carbonyl (C=O) groups is 1. The molecule has 1 amide bonds. The molecule has 29 heavy (non-hydrogen) atoms. The minimum absolute atomic E-state index is 0.0537. The smallest absolute Gasteiger partial charge is 0.232 e. The molecule has 1 atom stereocenters. The molecule has 1 unspecified atom stereocenters. The molecule has 1 fully saturated rings. The van der Waals surface area contributed by atoms with Crippen LogP contribution in [0.25, 0.3) is 11.4 Å². The van der Waals surface area contributed by atoms with Crippen LogP contribution in [0.4, 0.5) is 5.69 Å². The van der Waals surface area contributed by atoms with Crippen molar-refractivity contribution in [3.05, 3.63) is 53.9 Å². The van der Waals surface area contributed by atoms with E-state index in [4.69, 9.17) is 14.0 Å². The molecule has 7 heteroatoms. The average molecular weight is 393 g/mol. The van der Waals surface area contributed by atoms with Gasteiger partial charge in [0.25, 0.3) is 0 Å². The highest BCUT2D eigenvalue weighted by atomic mass is 16.5. The van der Waals surface area contributed by atoms with Crippen LogP contribution in [0.2, 0.25) is 0 Å². The van der Waals surface area contributed by atoms with E-state index in [9.17, 15) is 4.79 Å². The average Bonchev–Trinajstić information content (AvgIpc) is 3.40. The molecule has 0 N–H and O–H groups in total. The van der Waals surface area contributed by atoms with E-state index >= 15 is 0 Å². The van der Waals surface area contributed by atoms with Crippen LogP contribution in [0.1, 0.15) is 30.7 Å². The highest BCUT2D eigenvalue weighted by Crippen LogP contribution is 2.38. The number of rotatable bonds is 6. The standard InChI is InChI=1S/C22H23N3O4/c1-4-14-8-10-16(11-9-14)25-13-15(12-19(25)26)22-23-21(24-29-22)17-6-5-7-18(27-2)20(17)28-3/h5-11,15H,4,12-13H2,1-3H3. The van der Waals surface area contributed by atoms with Crippen molar-refractivity contribution in [1.29, 1.82) is 0 Å². The van der Waals surface area contributed by atoms with E-state index in [0.717, 1.165) is 12.1 Å². The SMILES string of the molecule is CCc1ccc(N2CC(c3nc(-c4cccc(OC)c4OC)no3)CC2=O)cc1. The Hall–Kier alpha value is -3.35. The van der Waals surface area contributed by atoms with E-state index in [-0.39, 0.29) is 11.8 Å². The molecule has 4 rings (SSSR count). The first-order chi connectivity index (χ1) is 14.1. The Morgan fingerprint density at radius 1 is 1.14 bits per heavy atom. The maximum Gasteiger partial charge on any atom is 0.232 e. The molecular weight excluding hydrogens is 370 g/mol. The van der Waals surface area contributed by atoms with Crippen LogP contribution in [-0.2, 0) is 11.2 Å². The van der Waals surface area contributed by atoms with Crippen molar-refractivity contribution in [2.45, 2.75) is 25.7 Å². The number of anilines is 1. The van der Waals surface area contributed by atoms with E-state index in [0.29, 0.717) is 41.7 Å². The van der Waals surface area contributed by atoms with Crippen LogP contribution >= 0.6 is 0 Å². The van der Waals surface area contributed by atoms with Crippen molar-refractivity contribution in [3.63, 3.8) is 0 Å². The van der Waals surface area contributed by atoms with Gasteiger partial charge in [-0.3, -0.25) is 4.79 Å². The van der Waals surface area contributed by atoms with Gasteiger partial charge in [-0.1, -0.05) is 30.3 Å². The second kappa shape index (κ2) is 7.95. The number of ether oxygens (including phenoxy) is 2. The fourth-order valence-electron chi connectivity index (χ4n) is 3.61. The lowest BCUT2D eigenvalue weighted by Gasteiger charge is -2.16. The maximum atomic E-state index is 12.6. The number of hydrogen-bond acceptors (Lipinski definition) is 6. The zero-order valence-electron chi connectivity index (χ0n) is 16.7. The molecule has 3 aromatic rings. The zero-order valence-corrected chi connectivity index (χ0v) is 16.7. The number of aromatic nitrogens is 2. The third-order valence-corrected chi connectivity index (χ3v) is 5.22. The highest BCUT2D eigenvalue weighted by molar-refractivity contribution is 5.96. The molecule has 1 aliphatic rings. The fourth-order valence-corrected chi connectivity index (χ4v) is 3.61. The van der Waals surface area contributed by atoms with Gasteiger partial charge in [0.15, 0.2) is 11.5 Å². The Labute approximate surface area is 169 Å².